The lowest BCUT2D eigenvalue weighted by Crippen LogP contribution is -3.00. The van der Waals surface area contributed by atoms with Crippen LogP contribution in [0.2, 0.25) is 0 Å². The van der Waals surface area contributed by atoms with E-state index in [0.717, 1.165) is 106 Å². The zero-order chi connectivity index (χ0) is 58.2. The maximum absolute atomic E-state index is 11.3. The van der Waals surface area contributed by atoms with Gasteiger partial charge in [-0.05, 0) is 90.6 Å². The second-order valence-corrected chi connectivity index (χ2v) is 23.1. The molecule has 0 saturated carbocycles. The number of hydrogen-bond donors (Lipinski definition) is 6. The lowest BCUT2D eigenvalue weighted by Gasteiger charge is -2.39. The summed E-state index contributed by atoms with van der Waals surface area (Å²) in [5.74, 6) is 0.324. The van der Waals surface area contributed by atoms with Gasteiger partial charge in [-0.3, -0.25) is 0 Å². The molecule has 7 aromatic rings. The molecule has 0 amide bonds. The summed E-state index contributed by atoms with van der Waals surface area (Å²) in [5, 5.41) is 42.9. The van der Waals surface area contributed by atoms with Crippen LogP contribution in [-0.2, 0) is 24.4 Å². The van der Waals surface area contributed by atoms with Crippen LogP contribution in [-0.4, -0.2) is 77.7 Å². The van der Waals surface area contributed by atoms with Gasteiger partial charge in [-0.1, -0.05) is 116 Å². The molecule has 1 fully saturated rings. The van der Waals surface area contributed by atoms with Crippen LogP contribution in [0.1, 0.15) is 159 Å². The molecule has 0 spiro atoms. The SMILES string of the molecule is CCCCCCCC[n+]1ccc(-c2c3nc(c(-c4ccccc4O[C@@H]4O[C@H](CO)[C@@H](O)[C@H](O)[C@H]4O)c4nc(c(-c5cc[n+](CCCCCCCC)cc5)c5ccc([nH]5)c(-c5cc[n+](CCCCCCCC)cc5)c5ccc2[nH]5)C=C4)C=C3)cc1.[I-].[I-].[I-]. The fourth-order valence-corrected chi connectivity index (χ4v) is 12.0. The molecule has 6 aromatic heterocycles. The Morgan fingerprint density at radius 3 is 1.18 bits per heavy atom. The van der Waals surface area contributed by atoms with E-state index in [0.29, 0.717) is 28.3 Å². The van der Waals surface area contributed by atoms with E-state index >= 15 is 0 Å². The molecule has 3 aliphatic heterocycles. The molecule has 5 atom stereocenters. The Morgan fingerprint density at radius 1 is 0.425 bits per heavy atom. The van der Waals surface area contributed by atoms with Gasteiger partial charge < -0.3 is 112 Å². The van der Waals surface area contributed by atoms with Crippen molar-refractivity contribution >= 4 is 46.4 Å². The van der Waals surface area contributed by atoms with Crippen molar-refractivity contribution in [2.45, 2.75) is 187 Å². The molecule has 0 radical (unpaired) electrons. The largest absolute Gasteiger partial charge is 1.00 e. The molecule has 8 bridgehead atoms. The second kappa shape index (κ2) is 34.9. The third-order valence-electron chi connectivity index (χ3n) is 16.9. The van der Waals surface area contributed by atoms with Gasteiger partial charge in [0.25, 0.3) is 0 Å². The zero-order valence-corrected chi connectivity index (χ0v) is 57.2. The van der Waals surface area contributed by atoms with E-state index in [4.69, 9.17) is 19.4 Å². The maximum atomic E-state index is 11.3. The van der Waals surface area contributed by atoms with E-state index in [1.165, 1.54) is 96.3 Å². The first kappa shape index (κ1) is 69.5. The number of halogens is 3. The smallest absolute Gasteiger partial charge is 0.229 e. The number of aliphatic hydroxyl groups is 4. The molecule has 464 valence electrons. The Labute approximate surface area is 565 Å². The van der Waals surface area contributed by atoms with Gasteiger partial charge in [0.1, 0.15) is 49.8 Å². The number of aromatic amines is 2. The minimum Gasteiger partial charge on any atom is -1.00 e. The Balaban J connectivity index is 0.00000360. The first-order valence-electron chi connectivity index (χ1n) is 31.5. The number of benzene rings is 1. The van der Waals surface area contributed by atoms with Gasteiger partial charge in [0, 0.05) is 106 Å². The van der Waals surface area contributed by atoms with Crippen molar-refractivity contribution < 1.29 is 116 Å². The molecule has 1 aromatic carbocycles. The molecule has 87 heavy (non-hydrogen) atoms. The van der Waals surface area contributed by atoms with E-state index in [-0.39, 0.29) is 71.9 Å². The number of aromatic nitrogens is 7. The van der Waals surface area contributed by atoms with Crippen molar-refractivity contribution in [3.05, 3.63) is 145 Å². The number of H-pyrrole nitrogens is 2. The van der Waals surface area contributed by atoms with Crippen LogP contribution >= 0.6 is 0 Å². The average Bonchev–Trinajstić information content (AvgIpc) is 2.35. The lowest BCUT2D eigenvalue weighted by molar-refractivity contribution is -0.697. The van der Waals surface area contributed by atoms with Crippen LogP contribution in [0.25, 0.3) is 90.9 Å². The standard InChI is InChI=1S/C71H87N7O6.3HI/c1-4-7-10-13-16-21-40-76-43-34-50(35-44-76)64-54-26-28-56(72-54)65(51-36-45-77(46-37-51)41-22-17-14-11-8-5-2)58-30-32-60(74-58)67(53-24-19-20-25-62(53)83-71-70(82)69(81)68(80)63(49-79)84-71)61-33-31-59(75-61)66(57-29-27-55(64)73-57)52-38-47-78(48-39-52)42-23-18-15-12-9-6-3;;;/h19-20,24-39,43-48,63,68-71,79-82H,4-18,21-23,40-42,49H2,1-3H3,(H,72,73,74,75);3*1H/q+2;;;/p-2/t63-,68-,69+,70-,71-;;;/m1.../s1. The Kier molecular flexibility index (Phi) is 27.9. The van der Waals surface area contributed by atoms with Crippen molar-refractivity contribution in [2.75, 3.05) is 6.61 Å². The van der Waals surface area contributed by atoms with Crippen LogP contribution < -0.4 is 90.4 Å². The highest BCUT2D eigenvalue weighted by Crippen LogP contribution is 2.41. The number of aliphatic hydroxyl groups excluding tert-OH is 4. The molecule has 16 heteroatoms. The van der Waals surface area contributed by atoms with Crippen LogP contribution in [0.15, 0.2) is 122 Å². The predicted molar refractivity (Wildman–Crippen MR) is 336 cm³/mol. The third kappa shape index (κ3) is 17.5. The van der Waals surface area contributed by atoms with E-state index in [1.807, 2.05) is 30.4 Å². The Bertz CT molecular complexity index is 3360. The predicted octanol–water partition coefficient (Wildman–Crippen LogP) is 4.46. The quantitative estimate of drug-likeness (QED) is 0.0238. The van der Waals surface area contributed by atoms with Gasteiger partial charge >= 0.3 is 0 Å². The maximum Gasteiger partial charge on any atom is 0.229 e. The highest BCUT2D eigenvalue weighted by Gasteiger charge is 2.45. The second-order valence-electron chi connectivity index (χ2n) is 23.1. The molecular weight excluding hydrogens is 1430 g/mol. The summed E-state index contributed by atoms with van der Waals surface area (Å²) in [6.45, 7) is 9.06. The van der Waals surface area contributed by atoms with Crippen molar-refractivity contribution in [2.24, 2.45) is 0 Å². The lowest BCUT2D eigenvalue weighted by atomic mass is 9.99. The molecular formula is C71H88I3N7O6. The molecule has 1 saturated heterocycles. The van der Waals surface area contributed by atoms with Gasteiger partial charge in [-0.15, -0.1) is 0 Å². The third-order valence-corrected chi connectivity index (χ3v) is 16.9. The topological polar surface area (TPSA) is 168 Å². The summed E-state index contributed by atoms with van der Waals surface area (Å²) in [6.07, 6.45) is 36.3. The molecule has 13 nitrogen and oxygen atoms in total. The van der Waals surface area contributed by atoms with E-state index in [2.05, 4.69) is 154 Å². The molecule has 9 heterocycles. The highest BCUT2D eigenvalue weighted by molar-refractivity contribution is 6.00. The van der Waals surface area contributed by atoms with Gasteiger partial charge in [-0.25, -0.2) is 23.7 Å². The monoisotopic (exact) mass is 1520 g/mol. The summed E-state index contributed by atoms with van der Waals surface area (Å²) in [7, 11) is 0. The van der Waals surface area contributed by atoms with Crippen LogP contribution in [0, 0.1) is 0 Å². The van der Waals surface area contributed by atoms with E-state index in [9.17, 15) is 20.4 Å². The average molecular weight is 1520 g/mol. The number of unbranched alkanes of at least 4 members (excludes halogenated alkanes) is 15. The summed E-state index contributed by atoms with van der Waals surface area (Å²) < 4.78 is 19.3. The van der Waals surface area contributed by atoms with Gasteiger partial charge in [-0.2, -0.15) is 0 Å². The highest BCUT2D eigenvalue weighted by atomic mass is 127. The molecule has 10 rings (SSSR count). The minimum atomic E-state index is -1.62. The van der Waals surface area contributed by atoms with Crippen molar-refractivity contribution in [1.29, 1.82) is 0 Å². The van der Waals surface area contributed by atoms with Crippen LogP contribution in [0.4, 0.5) is 0 Å². The number of aryl methyl sites for hydroxylation is 3. The van der Waals surface area contributed by atoms with Crippen molar-refractivity contribution in [3.8, 4) is 50.3 Å². The fraction of sp³-hybridized carbons (Fsp3) is 0.423. The number of para-hydroxylation sites is 1. The number of fused-ring (bicyclic) bond motifs is 8. The van der Waals surface area contributed by atoms with E-state index in [1.54, 1.807) is 6.07 Å². The zero-order valence-electron chi connectivity index (χ0n) is 50.8. The van der Waals surface area contributed by atoms with Crippen LogP contribution in [0.5, 0.6) is 5.75 Å². The number of nitrogens with zero attached hydrogens (tertiary/aromatic N) is 5. The number of rotatable bonds is 28. The number of hydrogen-bond acceptors (Lipinski definition) is 8. The first-order valence-corrected chi connectivity index (χ1v) is 31.5. The van der Waals surface area contributed by atoms with Crippen LogP contribution in [0.3, 0.4) is 0 Å². The fourth-order valence-electron chi connectivity index (χ4n) is 12.0. The molecule has 3 aliphatic rings. The number of ether oxygens (including phenoxy) is 2. The van der Waals surface area contributed by atoms with Gasteiger partial charge in [0.05, 0.1) is 29.4 Å². The normalized spacial score (nSPS) is 16.9. The molecule has 0 unspecified atom stereocenters. The minimum absolute atomic E-state index is 0. The van der Waals surface area contributed by atoms with Crippen molar-refractivity contribution in [1.82, 2.24) is 19.9 Å². The van der Waals surface area contributed by atoms with Crippen molar-refractivity contribution in [3.63, 3.8) is 0 Å². The number of pyridine rings is 3. The van der Waals surface area contributed by atoms with Gasteiger partial charge in [0.15, 0.2) is 37.2 Å². The summed E-state index contributed by atoms with van der Waals surface area (Å²) in [4.78, 5) is 19.0. The molecule has 6 N–H and O–H groups in total. The number of nitrogens with one attached hydrogen (secondary N) is 2. The molecule has 0 aliphatic carbocycles. The Morgan fingerprint density at radius 2 is 0.782 bits per heavy atom. The summed E-state index contributed by atoms with van der Waals surface area (Å²) in [6, 6.07) is 29.4. The summed E-state index contributed by atoms with van der Waals surface area (Å²) >= 11 is 0. The van der Waals surface area contributed by atoms with Gasteiger partial charge in [0.2, 0.25) is 6.29 Å². The summed E-state index contributed by atoms with van der Waals surface area (Å²) in [5.41, 5.74) is 13.7. The van der Waals surface area contributed by atoms with E-state index < -0.39 is 37.3 Å². The first-order chi connectivity index (χ1) is 41.2. The Hall–Kier alpha value is -4.94.